The molecule has 2 aromatic carbocycles. The molecule has 1 fully saturated rings. The van der Waals surface area contributed by atoms with Crippen LogP contribution in [-0.4, -0.2) is 49.6 Å². The fraction of sp³-hybridized carbons (Fsp3) is 0.391. The maximum absolute atomic E-state index is 15.3. The number of nitrogen functional groups attached to an aromatic ring is 1. The summed E-state index contributed by atoms with van der Waals surface area (Å²) in [5.41, 5.74) is 6.67. The van der Waals surface area contributed by atoms with Crippen LogP contribution in [0.25, 0.3) is 0 Å². The number of amidine groups is 1. The van der Waals surface area contributed by atoms with Gasteiger partial charge in [0.15, 0.2) is 6.10 Å². The molecule has 1 aliphatic rings. The Morgan fingerprint density at radius 1 is 1.21 bits per heavy atom. The van der Waals surface area contributed by atoms with Crippen molar-refractivity contribution in [1.82, 2.24) is 10.2 Å². The average molecular weight is 483 g/mol. The lowest BCUT2D eigenvalue weighted by molar-refractivity contribution is -0.133. The van der Waals surface area contributed by atoms with Crippen LogP contribution in [0.1, 0.15) is 35.3 Å². The number of nitrogens with zero attached hydrogens (tertiary/aromatic N) is 1. The van der Waals surface area contributed by atoms with E-state index in [1.165, 1.54) is 12.1 Å². The predicted octanol–water partition coefficient (Wildman–Crippen LogP) is 2.90. The maximum atomic E-state index is 15.3. The van der Waals surface area contributed by atoms with Crippen LogP contribution in [0.5, 0.6) is 0 Å². The SMILES string of the molecule is CCOC(C(=O)NCc1ccc(C(=N)N)cc1)c1c(F)ccc(CN2CCOCC2)c1F.Cl. The van der Waals surface area contributed by atoms with Crippen molar-refractivity contribution in [1.29, 1.82) is 5.41 Å². The van der Waals surface area contributed by atoms with Crippen LogP contribution in [0, 0.1) is 17.0 Å². The molecule has 7 nitrogen and oxygen atoms in total. The second kappa shape index (κ2) is 12.6. The topological polar surface area (TPSA) is 101 Å². The summed E-state index contributed by atoms with van der Waals surface area (Å²) in [5.74, 6) is -2.28. The van der Waals surface area contributed by atoms with Gasteiger partial charge in [-0.15, -0.1) is 12.4 Å². The van der Waals surface area contributed by atoms with Crippen molar-refractivity contribution in [2.24, 2.45) is 5.73 Å². The third-order valence-electron chi connectivity index (χ3n) is 5.27. The van der Waals surface area contributed by atoms with Gasteiger partial charge >= 0.3 is 0 Å². The Hall–Kier alpha value is -2.59. The van der Waals surface area contributed by atoms with E-state index in [0.717, 1.165) is 5.56 Å². The normalized spacial score (nSPS) is 14.9. The summed E-state index contributed by atoms with van der Waals surface area (Å²) in [5, 5.41) is 10.1. The van der Waals surface area contributed by atoms with Gasteiger partial charge in [-0.3, -0.25) is 15.1 Å². The Balaban J connectivity index is 0.00000385. The van der Waals surface area contributed by atoms with Crippen LogP contribution in [0.2, 0.25) is 0 Å². The number of ether oxygens (including phenoxy) is 2. The fourth-order valence-corrected chi connectivity index (χ4v) is 3.52. The highest BCUT2D eigenvalue weighted by molar-refractivity contribution is 5.94. The molecule has 2 aromatic rings. The highest BCUT2D eigenvalue weighted by atomic mass is 35.5. The van der Waals surface area contributed by atoms with Gasteiger partial charge in [-0.05, 0) is 18.6 Å². The van der Waals surface area contributed by atoms with Crippen molar-refractivity contribution >= 4 is 24.1 Å². The van der Waals surface area contributed by atoms with Crippen LogP contribution in [0.4, 0.5) is 8.78 Å². The summed E-state index contributed by atoms with van der Waals surface area (Å²) in [7, 11) is 0. The number of carbonyl (C=O) groups excluding carboxylic acids is 1. The Morgan fingerprint density at radius 2 is 1.88 bits per heavy atom. The van der Waals surface area contributed by atoms with Gasteiger partial charge in [-0.1, -0.05) is 30.3 Å². The minimum Gasteiger partial charge on any atom is -0.384 e. The first-order valence-corrected chi connectivity index (χ1v) is 10.5. The monoisotopic (exact) mass is 482 g/mol. The van der Waals surface area contributed by atoms with Crippen molar-refractivity contribution in [3.05, 3.63) is 70.3 Å². The first kappa shape index (κ1) is 26.7. The lowest BCUT2D eigenvalue weighted by Gasteiger charge is -2.27. The molecule has 1 atom stereocenters. The van der Waals surface area contributed by atoms with Crippen molar-refractivity contribution in [2.75, 3.05) is 32.9 Å². The average Bonchev–Trinajstić information content (AvgIpc) is 2.80. The zero-order chi connectivity index (χ0) is 23.1. The third kappa shape index (κ3) is 6.94. The standard InChI is InChI=1S/C23H28F2N4O3.ClH/c1-2-32-21(23(30)28-13-15-3-5-16(6-4-15)22(26)27)19-18(24)8-7-17(20(19)25)14-29-9-11-31-12-10-29;/h3-8,21H,2,9-14H2,1H3,(H3,26,27)(H,28,30);1H. The largest absolute Gasteiger partial charge is 0.384 e. The third-order valence-corrected chi connectivity index (χ3v) is 5.27. The molecule has 3 rings (SSSR count). The fourth-order valence-electron chi connectivity index (χ4n) is 3.52. The molecule has 180 valence electrons. The number of hydrogen-bond acceptors (Lipinski definition) is 5. The summed E-state index contributed by atoms with van der Waals surface area (Å²) in [4.78, 5) is 14.9. The van der Waals surface area contributed by atoms with Crippen molar-refractivity contribution in [3.63, 3.8) is 0 Å². The number of benzene rings is 2. The molecule has 0 saturated carbocycles. The van der Waals surface area contributed by atoms with Crippen LogP contribution < -0.4 is 11.1 Å². The summed E-state index contributed by atoms with van der Waals surface area (Å²) in [6.07, 6.45) is -1.42. The van der Waals surface area contributed by atoms with E-state index >= 15 is 4.39 Å². The molecule has 0 spiro atoms. The number of amides is 1. The van der Waals surface area contributed by atoms with Gasteiger partial charge < -0.3 is 20.5 Å². The minimum absolute atomic E-state index is 0. The highest BCUT2D eigenvalue weighted by Crippen LogP contribution is 2.28. The zero-order valence-electron chi connectivity index (χ0n) is 18.4. The Labute approximate surface area is 198 Å². The molecule has 1 heterocycles. The summed E-state index contributed by atoms with van der Waals surface area (Å²) in [6.45, 7) is 4.64. The number of morpholine rings is 1. The van der Waals surface area contributed by atoms with Gasteiger partial charge in [0.1, 0.15) is 17.5 Å². The molecule has 33 heavy (non-hydrogen) atoms. The first-order chi connectivity index (χ1) is 15.4. The van der Waals surface area contributed by atoms with Gasteiger partial charge in [-0.2, -0.15) is 0 Å². The Bertz CT molecular complexity index is 953. The van der Waals surface area contributed by atoms with Gasteiger partial charge in [0.05, 0.1) is 18.8 Å². The summed E-state index contributed by atoms with van der Waals surface area (Å²) >= 11 is 0. The first-order valence-electron chi connectivity index (χ1n) is 10.5. The summed E-state index contributed by atoms with van der Waals surface area (Å²) in [6, 6.07) is 9.35. The molecule has 0 aromatic heterocycles. The molecule has 1 unspecified atom stereocenters. The van der Waals surface area contributed by atoms with Gasteiger partial charge in [0.2, 0.25) is 0 Å². The smallest absolute Gasteiger partial charge is 0.254 e. The van der Waals surface area contributed by atoms with E-state index in [1.54, 1.807) is 31.2 Å². The van der Waals surface area contributed by atoms with E-state index in [1.807, 2.05) is 4.90 Å². The van der Waals surface area contributed by atoms with Crippen molar-refractivity contribution < 1.29 is 23.0 Å². The quantitative estimate of drug-likeness (QED) is 0.377. The predicted molar refractivity (Wildman–Crippen MR) is 123 cm³/mol. The van der Waals surface area contributed by atoms with Crippen LogP contribution in [-0.2, 0) is 27.4 Å². The lowest BCUT2D eigenvalue weighted by atomic mass is 10.0. The molecular weight excluding hydrogens is 454 g/mol. The number of carbonyl (C=O) groups is 1. The maximum Gasteiger partial charge on any atom is 0.254 e. The van der Waals surface area contributed by atoms with Crippen LogP contribution in [0.3, 0.4) is 0 Å². The molecule has 4 N–H and O–H groups in total. The van der Waals surface area contributed by atoms with E-state index in [4.69, 9.17) is 20.6 Å². The molecule has 0 bridgehead atoms. The molecule has 0 radical (unpaired) electrons. The van der Waals surface area contributed by atoms with Crippen LogP contribution in [0.15, 0.2) is 36.4 Å². The number of hydrogen-bond donors (Lipinski definition) is 3. The van der Waals surface area contributed by atoms with E-state index < -0.39 is 23.6 Å². The van der Waals surface area contributed by atoms with E-state index in [9.17, 15) is 9.18 Å². The Morgan fingerprint density at radius 3 is 2.48 bits per heavy atom. The lowest BCUT2D eigenvalue weighted by Crippen LogP contribution is -2.36. The molecule has 10 heteroatoms. The molecule has 0 aliphatic carbocycles. The highest BCUT2D eigenvalue weighted by Gasteiger charge is 2.29. The second-order valence-corrected chi connectivity index (χ2v) is 7.49. The van der Waals surface area contributed by atoms with E-state index in [2.05, 4.69) is 5.32 Å². The second-order valence-electron chi connectivity index (χ2n) is 7.49. The van der Waals surface area contributed by atoms with Gasteiger partial charge in [-0.25, -0.2) is 8.78 Å². The molecule has 1 amide bonds. The van der Waals surface area contributed by atoms with E-state index in [0.29, 0.717) is 44.0 Å². The van der Waals surface area contributed by atoms with Gasteiger partial charge in [0.25, 0.3) is 5.91 Å². The number of halogens is 3. The molecule has 1 aliphatic heterocycles. The molecular formula is C23H29ClF2N4O3. The number of rotatable bonds is 9. The minimum atomic E-state index is -1.42. The van der Waals surface area contributed by atoms with Gasteiger partial charge in [0, 0.05) is 43.9 Å². The number of nitrogens with one attached hydrogen (secondary N) is 2. The van der Waals surface area contributed by atoms with Crippen molar-refractivity contribution in [2.45, 2.75) is 26.1 Å². The zero-order valence-corrected chi connectivity index (χ0v) is 19.2. The van der Waals surface area contributed by atoms with E-state index in [-0.39, 0.29) is 37.0 Å². The number of nitrogens with two attached hydrogens (primary N) is 1. The summed E-state index contributed by atoms with van der Waals surface area (Å²) < 4.78 is 40.7. The van der Waals surface area contributed by atoms with Crippen molar-refractivity contribution in [3.8, 4) is 0 Å². The Kier molecular flexibility index (Phi) is 10.2. The molecule has 1 saturated heterocycles. The van der Waals surface area contributed by atoms with Crippen LogP contribution >= 0.6 is 12.4 Å².